The van der Waals surface area contributed by atoms with E-state index in [-0.39, 0.29) is 19.7 Å². The number of unbranched alkanes of at least 4 members (excludes halogenated alkanes) is 1. The predicted octanol–water partition coefficient (Wildman–Crippen LogP) is 2.60. The molecular weight excluding hydrogens is 282 g/mol. The second-order valence-corrected chi connectivity index (χ2v) is 4.67. The van der Waals surface area contributed by atoms with E-state index in [1.54, 1.807) is 0 Å². The van der Waals surface area contributed by atoms with Crippen LogP contribution in [0.15, 0.2) is 30.3 Å². The van der Waals surface area contributed by atoms with Gasteiger partial charge in [0.15, 0.2) is 0 Å². The lowest BCUT2D eigenvalue weighted by molar-refractivity contribution is -0.144. The van der Waals surface area contributed by atoms with Crippen molar-refractivity contribution in [2.75, 3.05) is 19.7 Å². The second-order valence-electron chi connectivity index (χ2n) is 4.67. The summed E-state index contributed by atoms with van der Waals surface area (Å²) in [4.78, 5) is 24.8. The van der Waals surface area contributed by atoms with Crippen LogP contribution in [0.2, 0.25) is 0 Å². The molecule has 1 aromatic carbocycles. The number of carbonyl (C=O) groups excluding carboxylic acids is 2. The van der Waals surface area contributed by atoms with E-state index in [1.165, 1.54) is 0 Å². The maximum Gasteiger partial charge on any atom is 0.411 e. The Labute approximate surface area is 131 Å². The number of carbonyl (C=O) groups is 2. The average Bonchev–Trinajstić information content (AvgIpc) is 2.53. The Balaban J connectivity index is 2.45. The van der Waals surface area contributed by atoms with Crippen molar-refractivity contribution in [1.82, 2.24) is 4.90 Å². The highest BCUT2D eigenvalue weighted by molar-refractivity contribution is 5.78. The molecule has 5 heteroatoms. The third kappa shape index (κ3) is 6.80. The molecule has 0 aliphatic carbocycles. The molecule has 0 spiro atoms. The van der Waals surface area contributed by atoms with Crippen LogP contribution >= 0.6 is 0 Å². The Morgan fingerprint density at radius 2 is 1.95 bits per heavy atom. The fourth-order valence-electron chi connectivity index (χ4n) is 1.64. The van der Waals surface area contributed by atoms with Gasteiger partial charge in [0.2, 0.25) is 0 Å². The molecule has 118 valence electrons. The van der Waals surface area contributed by atoms with Crippen molar-refractivity contribution in [2.45, 2.75) is 26.4 Å². The topological polar surface area (TPSA) is 55.8 Å². The molecule has 0 saturated heterocycles. The molecule has 0 atom stereocenters. The van der Waals surface area contributed by atoms with Crippen molar-refractivity contribution in [3.8, 4) is 12.3 Å². The van der Waals surface area contributed by atoms with E-state index in [2.05, 4.69) is 5.92 Å². The van der Waals surface area contributed by atoms with E-state index >= 15 is 0 Å². The standard InChI is InChI=1S/C17H21NO4/c1-3-5-12-21-16(19)13-18(11-4-2)17(20)22-14-15-9-7-6-8-10-15/h2,6-10H,3,5,11-14H2,1H3. The van der Waals surface area contributed by atoms with Crippen LogP contribution < -0.4 is 0 Å². The highest BCUT2D eigenvalue weighted by atomic mass is 16.6. The molecule has 22 heavy (non-hydrogen) atoms. The van der Waals surface area contributed by atoms with Crippen molar-refractivity contribution in [1.29, 1.82) is 0 Å². The quantitative estimate of drug-likeness (QED) is 0.421. The molecule has 5 nitrogen and oxygen atoms in total. The minimum atomic E-state index is -0.630. The van der Waals surface area contributed by atoms with Gasteiger partial charge >= 0.3 is 12.1 Å². The zero-order valence-electron chi connectivity index (χ0n) is 12.8. The van der Waals surface area contributed by atoms with Crippen molar-refractivity contribution in [2.24, 2.45) is 0 Å². The molecule has 0 bridgehead atoms. The van der Waals surface area contributed by atoms with Crippen LogP contribution in [0.4, 0.5) is 4.79 Å². The van der Waals surface area contributed by atoms with Crippen LogP contribution in [0.25, 0.3) is 0 Å². The predicted molar refractivity (Wildman–Crippen MR) is 82.9 cm³/mol. The number of hydrogen-bond acceptors (Lipinski definition) is 4. The lowest BCUT2D eigenvalue weighted by Gasteiger charge is -2.18. The summed E-state index contributed by atoms with van der Waals surface area (Å²) in [5.74, 6) is 1.85. The normalized spacial score (nSPS) is 9.64. The lowest BCUT2D eigenvalue weighted by atomic mass is 10.2. The number of amides is 1. The molecule has 0 unspecified atom stereocenters. The highest BCUT2D eigenvalue weighted by Crippen LogP contribution is 2.03. The Bertz CT molecular complexity index is 507. The van der Waals surface area contributed by atoms with Crippen molar-refractivity contribution in [3.05, 3.63) is 35.9 Å². The van der Waals surface area contributed by atoms with Gasteiger partial charge in [0.25, 0.3) is 0 Å². The Morgan fingerprint density at radius 1 is 1.23 bits per heavy atom. The summed E-state index contributed by atoms with van der Waals surface area (Å²) >= 11 is 0. The van der Waals surface area contributed by atoms with Crippen molar-refractivity contribution >= 4 is 12.1 Å². The number of benzene rings is 1. The van der Waals surface area contributed by atoms with Crippen LogP contribution in [0.1, 0.15) is 25.3 Å². The second kappa shape index (κ2) is 10.3. The molecule has 0 heterocycles. The molecule has 0 fully saturated rings. The number of nitrogens with zero attached hydrogens (tertiary/aromatic N) is 1. The number of rotatable bonds is 8. The first-order valence-electron chi connectivity index (χ1n) is 7.22. The van der Waals surface area contributed by atoms with Gasteiger partial charge in [-0.15, -0.1) is 6.42 Å². The maximum absolute atomic E-state index is 12.0. The molecule has 0 saturated carbocycles. The van der Waals surface area contributed by atoms with Gasteiger partial charge < -0.3 is 9.47 Å². The summed E-state index contributed by atoms with van der Waals surface area (Å²) in [6, 6.07) is 9.28. The van der Waals surface area contributed by atoms with Gasteiger partial charge in [-0.05, 0) is 12.0 Å². The van der Waals surface area contributed by atoms with Crippen molar-refractivity contribution < 1.29 is 19.1 Å². The smallest absolute Gasteiger partial charge is 0.411 e. The number of esters is 1. The largest absolute Gasteiger partial charge is 0.464 e. The van der Waals surface area contributed by atoms with Gasteiger partial charge in [-0.3, -0.25) is 9.69 Å². The first kappa shape index (κ1) is 17.6. The lowest BCUT2D eigenvalue weighted by Crippen LogP contribution is -2.37. The fraction of sp³-hybridized carbons (Fsp3) is 0.412. The zero-order valence-corrected chi connectivity index (χ0v) is 12.8. The number of terminal acetylenes is 1. The number of ether oxygens (including phenoxy) is 2. The summed E-state index contributed by atoms with van der Waals surface area (Å²) in [7, 11) is 0. The van der Waals surface area contributed by atoms with Gasteiger partial charge in [0, 0.05) is 0 Å². The van der Waals surface area contributed by atoms with Gasteiger partial charge in [0.05, 0.1) is 13.2 Å². The third-order valence-corrected chi connectivity index (χ3v) is 2.83. The molecule has 0 aromatic heterocycles. The molecule has 0 aliphatic rings. The summed E-state index contributed by atoms with van der Waals surface area (Å²) < 4.78 is 10.2. The molecule has 1 amide bonds. The van der Waals surface area contributed by atoms with Gasteiger partial charge in [-0.2, -0.15) is 0 Å². The van der Waals surface area contributed by atoms with Gasteiger partial charge in [-0.1, -0.05) is 49.6 Å². The highest BCUT2D eigenvalue weighted by Gasteiger charge is 2.18. The van der Waals surface area contributed by atoms with E-state index in [0.29, 0.717) is 6.61 Å². The van der Waals surface area contributed by atoms with Crippen LogP contribution in [0.5, 0.6) is 0 Å². The third-order valence-electron chi connectivity index (χ3n) is 2.83. The van der Waals surface area contributed by atoms with E-state index in [9.17, 15) is 9.59 Å². The van der Waals surface area contributed by atoms with E-state index in [0.717, 1.165) is 23.3 Å². The molecule has 1 aromatic rings. The summed E-state index contributed by atoms with van der Waals surface area (Å²) in [6.45, 7) is 2.27. The minimum Gasteiger partial charge on any atom is -0.464 e. The van der Waals surface area contributed by atoms with Gasteiger partial charge in [-0.25, -0.2) is 4.79 Å². The van der Waals surface area contributed by atoms with E-state index in [1.807, 2.05) is 37.3 Å². The maximum atomic E-state index is 12.0. The molecule has 1 rings (SSSR count). The Morgan fingerprint density at radius 3 is 2.59 bits per heavy atom. The SMILES string of the molecule is C#CCN(CC(=O)OCCCC)C(=O)OCc1ccccc1. The zero-order chi connectivity index (χ0) is 16.2. The van der Waals surface area contributed by atoms with Crippen LogP contribution in [-0.2, 0) is 20.9 Å². The summed E-state index contributed by atoms with van der Waals surface area (Å²) in [5.41, 5.74) is 0.863. The first-order chi connectivity index (χ1) is 10.7. The van der Waals surface area contributed by atoms with E-state index in [4.69, 9.17) is 15.9 Å². The van der Waals surface area contributed by atoms with Crippen molar-refractivity contribution in [3.63, 3.8) is 0 Å². The van der Waals surface area contributed by atoms with Gasteiger partial charge in [0.1, 0.15) is 13.2 Å². The minimum absolute atomic E-state index is 0.00347. The first-order valence-corrected chi connectivity index (χ1v) is 7.22. The van der Waals surface area contributed by atoms with Crippen LogP contribution in [0, 0.1) is 12.3 Å². The average molecular weight is 303 g/mol. The summed E-state index contributed by atoms with van der Waals surface area (Å²) in [6.07, 6.45) is 6.31. The molecule has 0 radical (unpaired) electrons. The van der Waals surface area contributed by atoms with E-state index < -0.39 is 12.1 Å². The molecule has 0 aliphatic heterocycles. The Kier molecular flexibility index (Phi) is 8.21. The fourth-order valence-corrected chi connectivity index (χ4v) is 1.64. The van der Waals surface area contributed by atoms with Crippen LogP contribution in [0.3, 0.4) is 0 Å². The molecule has 0 N–H and O–H groups in total. The molecular formula is C17H21NO4. The summed E-state index contributed by atoms with van der Waals surface area (Å²) in [5, 5.41) is 0. The Hall–Kier alpha value is -2.48. The monoisotopic (exact) mass is 303 g/mol. The van der Waals surface area contributed by atoms with Crippen LogP contribution in [-0.4, -0.2) is 36.7 Å². The number of hydrogen-bond donors (Lipinski definition) is 0.